The molecule has 0 aliphatic carbocycles. The summed E-state index contributed by atoms with van der Waals surface area (Å²) in [4.78, 5) is 4.52. The Morgan fingerprint density at radius 1 is 1.11 bits per heavy atom. The molecule has 0 unspecified atom stereocenters. The van der Waals surface area contributed by atoms with E-state index in [1.165, 1.54) is 16.1 Å². The highest BCUT2D eigenvalue weighted by Crippen LogP contribution is 2.26. The number of aromatic nitrogens is 2. The van der Waals surface area contributed by atoms with Gasteiger partial charge in [-0.25, -0.2) is 8.42 Å². The molecule has 0 saturated heterocycles. The predicted molar refractivity (Wildman–Crippen MR) is 110 cm³/mol. The molecule has 6 nitrogen and oxygen atoms in total. The van der Waals surface area contributed by atoms with Gasteiger partial charge in [-0.15, -0.1) is 0 Å². The number of fused-ring (bicyclic) bond motifs is 1. The molecule has 0 saturated carbocycles. The normalized spacial score (nSPS) is 14.8. The zero-order chi connectivity index (χ0) is 19.7. The zero-order valence-corrected chi connectivity index (χ0v) is 17.8. The van der Waals surface area contributed by atoms with Crippen LogP contribution in [0.3, 0.4) is 0 Å². The van der Waals surface area contributed by atoms with Gasteiger partial charge in [-0.1, -0.05) is 45.4 Å². The van der Waals surface area contributed by atoms with Crippen LogP contribution in [0.5, 0.6) is 0 Å². The van der Waals surface area contributed by atoms with Gasteiger partial charge in [0.1, 0.15) is 0 Å². The van der Waals surface area contributed by atoms with E-state index in [1.54, 1.807) is 0 Å². The highest BCUT2D eigenvalue weighted by Gasteiger charge is 2.23. The Hall–Kier alpha value is -2.03. The molecule has 146 valence electrons. The lowest BCUT2D eigenvalue weighted by molar-refractivity contribution is 0.379. The number of aryl methyl sites for hydroxylation is 2. The molecule has 3 aromatic rings. The molecule has 2 aromatic carbocycles. The summed E-state index contributed by atoms with van der Waals surface area (Å²) in [6.07, 6.45) is 3.45. The van der Waals surface area contributed by atoms with Gasteiger partial charge in [0.15, 0.2) is 0 Å². The van der Waals surface area contributed by atoms with Gasteiger partial charge in [0.05, 0.1) is 6.26 Å². The Morgan fingerprint density at radius 3 is 2.64 bits per heavy atom. The van der Waals surface area contributed by atoms with Crippen molar-refractivity contribution in [2.45, 2.75) is 25.8 Å². The molecule has 0 amide bonds. The topological polar surface area (TPSA) is 76.3 Å². The molecule has 0 spiro atoms. The van der Waals surface area contributed by atoms with Crippen molar-refractivity contribution < 1.29 is 12.9 Å². The molecular formula is C20H20BrN3O3S. The van der Waals surface area contributed by atoms with Crippen LogP contribution in [0, 0.1) is 0 Å². The molecule has 0 N–H and O–H groups in total. The molecule has 1 aromatic heterocycles. The van der Waals surface area contributed by atoms with E-state index in [0.717, 1.165) is 27.6 Å². The smallest absolute Gasteiger partial charge is 0.227 e. The van der Waals surface area contributed by atoms with Crippen LogP contribution >= 0.6 is 15.9 Å². The first kappa shape index (κ1) is 19.3. The average molecular weight is 462 g/mol. The van der Waals surface area contributed by atoms with Crippen LogP contribution in [0.4, 0.5) is 0 Å². The Morgan fingerprint density at radius 2 is 1.89 bits per heavy atom. The molecule has 8 heteroatoms. The van der Waals surface area contributed by atoms with Crippen LogP contribution < -0.4 is 0 Å². The van der Waals surface area contributed by atoms with Crippen LogP contribution in [0.2, 0.25) is 0 Å². The number of rotatable bonds is 5. The van der Waals surface area contributed by atoms with Crippen molar-refractivity contribution in [3.05, 3.63) is 69.5 Å². The minimum absolute atomic E-state index is 0.416. The van der Waals surface area contributed by atoms with Gasteiger partial charge < -0.3 is 4.52 Å². The molecular weight excluding hydrogens is 442 g/mol. The quantitative estimate of drug-likeness (QED) is 0.579. The summed E-state index contributed by atoms with van der Waals surface area (Å²) in [5.41, 5.74) is 4.27. The van der Waals surface area contributed by atoms with E-state index in [2.05, 4.69) is 38.2 Å². The van der Waals surface area contributed by atoms with Crippen molar-refractivity contribution in [3.63, 3.8) is 0 Å². The van der Waals surface area contributed by atoms with Crippen molar-refractivity contribution in [2.24, 2.45) is 0 Å². The highest BCUT2D eigenvalue weighted by molar-refractivity contribution is 9.10. The number of sulfonamides is 1. The second kappa shape index (κ2) is 7.77. The summed E-state index contributed by atoms with van der Waals surface area (Å²) in [7, 11) is -3.17. The molecule has 4 rings (SSSR count). The summed E-state index contributed by atoms with van der Waals surface area (Å²) in [6.45, 7) is 0.916. The SMILES string of the molecule is CS(=O)(=O)N1CCc2cc(-c3noc(CCc4ccc(Br)cc4)n3)ccc2C1. The monoisotopic (exact) mass is 461 g/mol. The number of halogens is 1. The lowest BCUT2D eigenvalue weighted by Crippen LogP contribution is -2.35. The third kappa shape index (κ3) is 4.34. The van der Waals surface area contributed by atoms with Crippen LogP contribution in [0.1, 0.15) is 22.6 Å². The van der Waals surface area contributed by atoms with Gasteiger partial charge in [-0.2, -0.15) is 9.29 Å². The first-order valence-electron chi connectivity index (χ1n) is 9.03. The van der Waals surface area contributed by atoms with Crippen LogP contribution in [0.15, 0.2) is 51.5 Å². The first-order valence-corrected chi connectivity index (χ1v) is 11.7. The van der Waals surface area contributed by atoms with E-state index in [4.69, 9.17) is 4.52 Å². The Kier molecular flexibility index (Phi) is 5.35. The van der Waals surface area contributed by atoms with Crippen molar-refractivity contribution in [1.29, 1.82) is 0 Å². The lowest BCUT2D eigenvalue weighted by atomic mass is 9.98. The molecule has 0 atom stereocenters. The van der Waals surface area contributed by atoms with E-state index < -0.39 is 10.0 Å². The minimum atomic E-state index is -3.17. The molecule has 0 bridgehead atoms. The lowest BCUT2D eigenvalue weighted by Gasteiger charge is -2.26. The van der Waals surface area contributed by atoms with Gasteiger partial charge in [0.2, 0.25) is 21.7 Å². The molecule has 2 heterocycles. The van der Waals surface area contributed by atoms with Crippen molar-refractivity contribution in [1.82, 2.24) is 14.4 Å². The second-order valence-corrected chi connectivity index (χ2v) is 9.87. The van der Waals surface area contributed by atoms with Crippen molar-refractivity contribution in [3.8, 4) is 11.4 Å². The van der Waals surface area contributed by atoms with Crippen molar-refractivity contribution >= 4 is 26.0 Å². The molecule has 0 fully saturated rings. The number of nitrogens with zero attached hydrogens (tertiary/aromatic N) is 3. The number of hydrogen-bond acceptors (Lipinski definition) is 5. The van der Waals surface area contributed by atoms with Crippen LogP contribution in [0.25, 0.3) is 11.4 Å². The molecule has 0 radical (unpaired) electrons. The maximum absolute atomic E-state index is 11.8. The Balaban J connectivity index is 1.46. The third-order valence-electron chi connectivity index (χ3n) is 4.92. The highest BCUT2D eigenvalue weighted by atomic mass is 79.9. The fourth-order valence-electron chi connectivity index (χ4n) is 3.33. The zero-order valence-electron chi connectivity index (χ0n) is 15.4. The predicted octanol–water partition coefficient (Wildman–Crippen LogP) is 3.60. The minimum Gasteiger partial charge on any atom is -0.339 e. The maximum atomic E-state index is 11.8. The largest absolute Gasteiger partial charge is 0.339 e. The standard InChI is InChI=1S/C20H20BrN3O3S/c1-28(25,26)24-11-10-15-12-16(5-6-17(15)13-24)20-22-19(27-23-20)9-4-14-2-7-18(21)8-3-14/h2-3,5-8,12H,4,9-11,13H2,1H3. The van der Waals surface area contributed by atoms with Gasteiger partial charge in [-0.05, 0) is 47.7 Å². The van der Waals surface area contributed by atoms with E-state index >= 15 is 0 Å². The Labute approximate surface area is 172 Å². The summed E-state index contributed by atoms with van der Waals surface area (Å²) < 4.78 is 31.5. The fourth-order valence-corrected chi connectivity index (χ4v) is 4.39. The average Bonchev–Trinajstić information content (AvgIpc) is 3.15. The molecule has 28 heavy (non-hydrogen) atoms. The van der Waals surface area contributed by atoms with E-state index in [0.29, 0.717) is 37.6 Å². The summed E-state index contributed by atoms with van der Waals surface area (Å²) in [5.74, 6) is 1.18. The van der Waals surface area contributed by atoms with E-state index in [-0.39, 0.29) is 0 Å². The van der Waals surface area contributed by atoms with Crippen LogP contribution in [-0.2, 0) is 35.8 Å². The summed E-state index contributed by atoms with van der Waals surface area (Å²) in [5, 5.41) is 4.12. The maximum Gasteiger partial charge on any atom is 0.227 e. The van der Waals surface area contributed by atoms with E-state index in [1.807, 2.05) is 30.3 Å². The first-order chi connectivity index (χ1) is 13.4. The van der Waals surface area contributed by atoms with Gasteiger partial charge in [0.25, 0.3) is 0 Å². The number of benzene rings is 2. The van der Waals surface area contributed by atoms with Gasteiger partial charge in [0, 0.05) is 29.5 Å². The van der Waals surface area contributed by atoms with Crippen LogP contribution in [-0.4, -0.2) is 35.7 Å². The molecule has 1 aliphatic heterocycles. The van der Waals surface area contributed by atoms with E-state index in [9.17, 15) is 8.42 Å². The summed E-state index contributed by atoms with van der Waals surface area (Å²) in [6, 6.07) is 14.1. The molecule has 1 aliphatic rings. The van der Waals surface area contributed by atoms with Gasteiger partial charge >= 0.3 is 0 Å². The fraction of sp³-hybridized carbons (Fsp3) is 0.300. The second-order valence-electron chi connectivity index (χ2n) is 6.97. The Bertz CT molecular complexity index is 1090. The van der Waals surface area contributed by atoms with Gasteiger partial charge in [-0.3, -0.25) is 0 Å². The van der Waals surface area contributed by atoms with Crippen molar-refractivity contribution in [2.75, 3.05) is 12.8 Å². The third-order valence-corrected chi connectivity index (χ3v) is 6.70. The number of hydrogen-bond donors (Lipinski definition) is 0. The summed E-state index contributed by atoms with van der Waals surface area (Å²) >= 11 is 3.44.